The summed E-state index contributed by atoms with van der Waals surface area (Å²) in [5, 5.41) is 3.77. The van der Waals surface area contributed by atoms with E-state index in [1.54, 1.807) is 30.2 Å². The lowest BCUT2D eigenvalue weighted by molar-refractivity contribution is -0.136. The van der Waals surface area contributed by atoms with E-state index in [2.05, 4.69) is 5.32 Å². The van der Waals surface area contributed by atoms with Gasteiger partial charge in [-0.2, -0.15) is 0 Å². The predicted octanol–water partition coefficient (Wildman–Crippen LogP) is 3.03. The Hall–Kier alpha value is -1.79. The van der Waals surface area contributed by atoms with Crippen molar-refractivity contribution in [2.75, 3.05) is 27.3 Å². The maximum atomic E-state index is 13.1. The molecular weight excluding hydrogens is 380 g/mol. The van der Waals surface area contributed by atoms with E-state index in [0.717, 1.165) is 38.5 Å². The topological polar surface area (TPSA) is 67.9 Å². The number of carbonyl (C=O) groups is 2. The van der Waals surface area contributed by atoms with Gasteiger partial charge < -0.3 is 19.7 Å². The van der Waals surface area contributed by atoms with Crippen molar-refractivity contribution in [2.24, 2.45) is 5.92 Å². The Labute approximate surface area is 170 Å². The summed E-state index contributed by atoms with van der Waals surface area (Å²) in [5.41, 5.74) is -0.438. The van der Waals surface area contributed by atoms with Crippen LogP contribution in [-0.2, 0) is 9.53 Å². The molecule has 2 amide bonds. The van der Waals surface area contributed by atoms with E-state index < -0.39 is 5.54 Å². The number of nitrogens with one attached hydrogen (secondary N) is 1. The van der Waals surface area contributed by atoms with E-state index in [1.165, 1.54) is 7.11 Å². The molecule has 28 heavy (non-hydrogen) atoms. The first kappa shape index (κ1) is 19.5. The molecule has 0 atom stereocenters. The lowest BCUT2D eigenvalue weighted by Crippen LogP contribution is -2.78. The van der Waals surface area contributed by atoms with Crippen LogP contribution in [0.15, 0.2) is 18.2 Å². The summed E-state index contributed by atoms with van der Waals surface area (Å²) in [6.07, 6.45) is 5.92. The van der Waals surface area contributed by atoms with Crippen molar-refractivity contribution in [3.8, 4) is 5.75 Å². The van der Waals surface area contributed by atoms with Gasteiger partial charge in [0.15, 0.2) is 0 Å². The van der Waals surface area contributed by atoms with Crippen molar-refractivity contribution >= 4 is 23.4 Å². The number of hydrogen-bond acceptors (Lipinski definition) is 4. The third kappa shape index (κ3) is 3.16. The molecule has 3 aliphatic rings. The quantitative estimate of drug-likeness (QED) is 0.788. The van der Waals surface area contributed by atoms with Gasteiger partial charge in [0.25, 0.3) is 5.91 Å². The monoisotopic (exact) mass is 406 g/mol. The molecule has 152 valence electrons. The molecule has 0 bridgehead atoms. The van der Waals surface area contributed by atoms with Crippen LogP contribution in [0.5, 0.6) is 5.75 Å². The number of rotatable bonds is 6. The number of carbonyl (C=O) groups excluding carboxylic acids is 2. The van der Waals surface area contributed by atoms with Crippen molar-refractivity contribution in [3.63, 3.8) is 0 Å². The maximum Gasteiger partial charge on any atom is 0.257 e. The number of ether oxygens (including phenoxy) is 2. The fourth-order valence-corrected chi connectivity index (χ4v) is 4.94. The molecule has 4 rings (SSSR count). The lowest BCUT2D eigenvalue weighted by atomic mass is 9.80. The van der Waals surface area contributed by atoms with E-state index >= 15 is 0 Å². The van der Waals surface area contributed by atoms with Crippen LogP contribution in [-0.4, -0.2) is 55.2 Å². The van der Waals surface area contributed by atoms with Crippen LogP contribution in [0.2, 0.25) is 5.02 Å². The summed E-state index contributed by atoms with van der Waals surface area (Å²) < 4.78 is 11.1. The van der Waals surface area contributed by atoms with Gasteiger partial charge in [0.1, 0.15) is 11.3 Å². The van der Waals surface area contributed by atoms with Crippen LogP contribution >= 0.6 is 11.6 Å². The van der Waals surface area contributed by atoms with E-state index in [1.807, 2.05) is 0 Å². The van der Waals surface area contributed by atoms with Crippen LogP contribution in [0, 0.1) is 5.92 Å². The summed E-state index contributed by atoms with van der Waals surface area (Å²) in [6.45, 7) is 0.877. The minimum Gasteiger partial charge on any atom is -0.496 e. The average Bonchev–Trinajstić information content (AvgIpc) is 3.27. The van der Waals surface area contributed by atoms with Crippen molar-refractivity contribution in [3.05, 3.63) is 28.8 Å². The lowest BCUT2D eigenvalue weighted by Gasteiger charge is -2.54. The van der Waals surface area contributed by atoms with Gasteiger partial charge in [-0.1, -0.05) is 24.4 Å². The number of amides is 2. The van der Waals surface area contributed by atoms with E-state index in [4.69, 9.17) is 21.1 Å². The minimum absolute atomic E-state index is 0.0855. The Bertz CT molecular complexity index is 781. The SMILES string of the molecule is COc1ccc(Cl)cc1C(=O)N1CC(NC(=O)C2CCCC2)(C2(OC)CC2)C1. The van der Waals surface area contributed by atoms with Crippen LogP contribution in [0.4, 0.5) is 0 Å². The molecule has 1 aromatic carbocycles. The molecule has 0 aromatic heterocycles. The third-order valence-electron chi connectivity index (χ3n) is 6.66. The number of methoxy groups -OCH3 is 2. The number of halogens is 1. The first-order valence-corrected chi connectivity index (χ1v) is 10.3. The second-order valence-corrected chi connectivity index (χ2v) is 8.69. The molecular formula is C21H27ClN2O4. The first-order chi connectivity index (χ1) is 13.4. The molecule has 3 fully saturated rings. The third-order valence-corrected chi connectivity index (χ3v) is 6.89. The highest BCUT2D eigenvalue weighted by atomic mass is 35.5. The zero-order chi connectivity index (χ0) is 19.9. The molecule has 1 N–H and O–H groups in total. The summed E-state index contributed by atoms with van der Waals surface area (Å²) in [4.78, 5) is 27.6. The molecule has 0 spiro atoms. The van der Waals surface area contributed by atoms with E-state index in [9.17, 15) is 9.59 Å². The second-order valence-electron chi connectivity index (χ2n) is 8.26. The fraction of sp³-hybridized carbons (Fsp3) is 0.619. The first-order valence-electron chi connectivity index (χ1n) is 9.94. The molecule has 1 aromatic rings. The minimum atomic E-state index is -0.511. The van der Waals surface area contributed by atoms with Crippen LogP contribution < -0.4 is 10.1 Å². The second kappa shape index (κ2) is 7.23. The summed E-state index contributed by atoms with van der Waals surface area (Å²) in [7, 11) is 3.23. The number of likely N-dealkylation sites (tertiary alicyclic amines) is 1. The number of hydrogen-bond donors (Lipinski definition) is 1. The highest BCUT2D eigenvalue weighted by molar-refractivity contribution is 6.31. The molecule has 2 aliphatic carbocycles. The van der Waals surface area contributed by atoms with Gasteiger partial charge in [0, 0.05) is 31.1 Å². The Balaban J connectivity index is 1.52. The number of benzene rings is 1. The van der Waals surface area contributed by atoms with Gasteiger partial charge in [-0.25, -0.2) is 0 Å². The highest BCUT2D eigenvalue weighted by Gasteiger charge is 2.67. The van der Waals surface area contributed by atoms with Gasteiger partial charge in [-0.3, -0.25) is 9.59 Å². The van der Waals surface area contributed by atoms with Crippen molar-refractivity contribution < 1.29 is 19.1 Å². The Kier molecular flexibility index (Phi) is 5.04. The fourth-order valence-electron chi connectivity index (χ4n) is 4.77. The zero-order valence-corrected chi connectivity index (χ0v) is 17.2. The predicted molar refractivity (Wildman–Crippen MR) is 106 cm³/mol. The van der Waals surface area contributed by atoms with Gasteiger partial charge >= 0.3 is 0 Å². The summed E-state index contributed by atoms with van der Waals surface area (Å²) in [5.74, 6) is 0.544. The summed E-state index contributed by atoms with van der Waals surface area (Å²) in [6, 6.07) is 5.02. The van der Waals surface area contributed by atoms with Crippen LogP contribution in [0.25, 0.3) is 0 Å². The molecule has 7 heteroatoms. The molecule has 2 saturated carbocycles. The van der Waals surface area contributed by atoms with E-state index in [0.29, 0.717) is 29.4 Å². The molecule has 1 saturated heterocycles. The van der Waals surface area contributed by atoms with Crippen molar-refractivity contribution in [2.45, 2.75) is 49.7 Å². The van der Waals surface area contributed by atoms with Crippen LogP contribution in [0.3, 0.4) is 0 Å². The Morgan fingerprint density at radius 1 is 1.18 bits per heavy atom. The Morgan fingerprint density at radius 2 is 1.86 bits per heavy atom. The molecule has 1 aliphatic heterocycles. The van der Waals surface area contributed by atoms with Crippen LogP contribution in [0.1, 0.15) is 48.9 Å². The molecule has 1 heterocycles. The normalized spacial score (nSPS) is 22.5. The van der Waals surface area contributed by atoms with Crippen molar-refractivity contribution in [1.82, 2.24) is 10.2 Å². The van der Waals surface area contributed by atoms with E-state index in [-0.39, 0.29) is 23.3 Å². The van der Waals surface area contributed by atoms with Gasteiger partial charge in [-0.15, -0.1) is 0 Å². The summed E-state index contributed by atoms with van der Waals surface area (Å²) >= 11 is 6.08. The Morgan fingerprint density at radius 3 is 2.43 bits per heavy atom. The number of nitrogens with zero attached hydrogens (tertiary/aromatic N) is 1. The molecule has 0 radical (unpaired) electrons. The zero-order valence-electron chi connectivity index (χ0n) is 16.4. The smallest absolute Gasteiger partial charge is 0.257 e. The van der Waals surface area contributed by atoms with Gasteiger partial charge in [0.05, 0.1) is 18.3 Å². The molecule has 0 unspecified atom stereocenters. The average molecular weight is 407 g/mol. The van der Waals surface area contributed by atoms with Gasteiger partial charge in [0.2, 0.25) is 5.91 Å². The largest absolute Gasteiger partial charge is 0.496 e. The van der Waals surface area contributed by atoms with Gasteiger partial charge in [-0.05, 0) is 43.9 Å². The maximum absolute atomic E-state index is 13.1. The van der Waals surface area contributed by atoms with Crippen molar-refractivity contribution in [1.29, 1.82) is 0 Å². The molecule has 6 nitrogen and oxygen atoms in total. The highest BCUT2D eigenvalue weighted by Crippen LogP contribution is 2.52. The standard InChI is InChI=1S/C21H27ClN2O4/c1-27-17-8-7-15(22)11-16(17)19(26)24-12-20(13-24,21(28-2)9-10-21)23-18(25)14-5-3-4-6-14/h7-8,11,14H,3-6,9-10,12-13H2,1-2H3,(H,23,25).